The topological polar surface area (TPSA) is 20.7 Å². The van der Waals surface area contributed by atoms with Crippen molar-refractivity contribution in [3.63, 3.8) is 0 Å². The van der Waals surface area contributed by atoms with Gasteiger partial charge in [-0.2, -0.15) is 0 Å². The summed E-state index contributed by atoms with van der Waals surface area (Å²) in [6, 6.07) is 3.49. The number of hydrogen-bond donors (Lipinski definition) is 1. The molecule has 0 amide bonds. The monoisotopic (exact) mass is 326 g/mol. The zero-order valence-electron chi connectivity index (χ0n) is 12.3. The molecular formula is C16H20ClFN2S. The van der Waals surface area contributed by atoms with Gasteiger partial charge in [0, 0.05) is 12.1 Å². The summed E-state index contributed by atoms with van der Waals surface area (Å²) < 4.78 is 16.7. The average Bonchev–Trinajstić information content (AvgIpc) is 2.74. The first-order valence-corrected chi connectivity index (χ1v) is 8.37. The van der Waals surface area contributed by atoms with E-state index in [0.717, 1.165) is 17.5 Å². The number of imidazole rings is 1. The molecule has 114 valence electrons. The molecule has 0 saturated heterocycles. The van der Waals surface area contributed by atoms with Crippen molar-refractivity contribution in [2.24, 2.45) is 11.8 Å². The van der Waals surface area contributed by atoms with E-state index in [9.17, 15) is 4.39 Å². The van der Waals surface area contributed by atoms with E-state index in [4.69, 9.17) is 23.8 Å². The van der Waals surface area contributed by atoms with Gasteiger partial charge in [-0.3, -0.25) is 0 Å². The Morgan fingerprint density at radius 2 is 2.05 bits per heavy atom. The van der Waals surface area contributed by atoms with Crippen LogP contribution in [0.1, 0.15) is 45.6 Å². The first-order valence-electron chi connectivity index (χ1n) is 7.58. The summed E-state index contributed by atoms with van der Waals surface area (Å²) in [4.78, 5) is 3.18. The predicted octanol–water partition coefficient (Wildman–Crippen LogP) is 5.88. The minimum Gasteiger partial charge on any atom is -0.331 e. The van der Waals surface area contributed by atoms with E-state index in [1.54, 1.807) is 6.07 Å². The molecule has 0 aliphatic heterocycles. The average molecular weight is 327 g/mol. The molecule has 3 rings (SSSR count). The zero-order valence-corrected chi connectivity index (χ0v) is 13.9. The van der Waals surface area contributed by atoms with E-state index in [1.165, 1.54) is 25.3 Å². The number of H-pyrrole nitrogens is 1. The summed E-state index contributed by atoms with van der Waals surface area (Å²) in [7, 11) is 0. The molecule has 2 nitrogen and oxygen atoms in total. The molecule has 1 N–H and O–H groups in total. The molecule has 2 aromatic rings. The molecule has 0 radical (unpaired) electrons. The van der Waals surface area contributed by atoms with Gasteiger partial charge in [-0.25, -0.2) is 4.39 Å². The number of rotatable bonds is 2. The zero-order chi connectivity index (χ0) is 15.1. The maximum Gasteiger partial charge on any atom is 0.178 e. The van der Waals surface area contributed by atoms with Crippen molar-refractivity contribution in [1.29, 1.82) is 0 Å². The van der Waals surface area contributed by atoms with Crippen molar-refractivity contribution in [1.82, 2.24) is 9.55 Å². The molecule has 1 aromatic carbocycles. The van der Waals surface area contributed by atoms with Crippen LogP contribution in [0.2, 0.25) is 5.02 Å². The number of halogens is 2. The van der Waals surface area contributed by atoms with E-state index in [-0.39, 0.29) is 10.8 Å². The van der Waals surface area contributed by atoms with Crippen LogP contribution in [0.25, 0.3) is 11.0 Å². The Labute approximate surface area is 134 Å². The number of nitrogens with one attached hydrogen (secondary N) is 1. The molecular weight excluding hydrogens is 307 g/mol. The lowest BCUT2D eigenvalue weighted by Gasteiger charge is -2.35. The normalized spacial score (nSPS) is 23.1. The second kappa shape index (κ2) is 5.73. The fourth-order valence-electron chi connectivity index (χ4n) is 3.69. The number of aromatic amines is 1. The second-order valence-electron chi connectivity index (χ2n) is 6.34. The van der Waals surface area contributed by atoms with Gasteiger partial charge in [0.2, 0.25) is 0 Å². The van der Waals surface area contributed by atoms with Crippen LogP contribution in [-0.2, 0) is 0 Å². The highest BCUT2D eigenvalue weighted by atomic mass is 35.5. The third-order valence-corrected chi connectivity index (χ3v) is 5.32. The Balaban J connectivity index is 2.16. The molecule has 21 heavy (non-hydrogen) atoms. The van der Waals surface area contributed by atoms with Crippen LogP contribution in [0.15, 0.2) is 12.1 Å². The second-order valence-corrected chi connectivity index (χ2v) is 7.14. The van der Waals surface area contributed by atoms with Gasteiger partial charge in [0.05, 0.1) is 16.1 Å². The highest BCUT2D eigenvalue weighted by Crippen LogP contribution is 2.40. The molecule has 1 fully saturated rings. The first kappa shape index (κ1) is 15.0. The minimum atomic E-state index is -0.385. The van der Waals surface area contributed by atoms with Gasteiger partial charge < -0.3 is 9.55 Å². The molecule has 2 unspecified atom stereocenters. The standard InChI is InChI=1S/C16H20ClFN2S/c1-9(2)10-5-3-4-6-14(10)20-15-8-12(18)11(17)7-13(15)19-16(20)21/h7-10,14H,3-6H2,1-2H3,(H,19,21). The van der Waals surface area contributed by atoms with Gasteiger partial charge in [0.15, 0.2) is 4.77 Å². The van der Waals surface area contributed by atoms with Gasteiger partial charge in [-0.15, -0.1) is 0 Å². The summed E-state index contributed by atoms with van der Waals surface area (Å²) in [5, 5.41) is 0.134. The molecule has 2 atom stereocenters. The molecule has 0 bridgehead atoms. The first-order chi connectivity index (χ1) is 9.99. The maximum atomic E-state index is 13.9. The molecule has 1 aliphatic rings. The van der Waals surface area contributed by atoms with E-state index in [0.29, 0.717) is 22.6 Å². The number of fused-ring (bicyclic) bond motifs is 1. The van der Waals surface area contributed by atoms with Crippen molar-refractivity contribution in [2.75, 3.05) is 0 Å². The molecule has 5 heteroatoms. The fraction of sp³-hybridized carbons (Fsp3) is 0.562. The summed E-state index contributed by atoms with van der Waals surface area (Å²) >= 11 is 11.4. The van der Waals surface area contributed by atoms with E-state index >= 15 is 0 Å². The summed E-state index contributed by atoms with van der Waals surface area (Å²) in [5.41, 5.74) is 1.65. The fourth-order valence-corrected chi connectivity index (χ4v) is 4.20. The highest BCUT2D eigenvalue weighted by molar-refractivity contribution is 7.71. The van der Waals surface area contributed by atoms with E-state index < -0.39 is 0 Å². The van der Waals surface area contributed by atoms with Crippen LogP contribution in [0.4, 0.5) is 4.39 Å². The van der Waals surface area contributed by atoms with E-state index in [2.05, 4.69) is 23.4 Å². The number of aromatic nitrogens is 2. The molecule has 1 saturated carbocycles. The summed E-state index contributed by atoms with van der Waals surface area (Å²) in [6.07, 6.45) is 4.80. The smallest absolute Gasteiger partial charge is 0.178 e. The summed E-state index contributed by atoms with van der Waals surface area (Å²) in [6.45, 7) is 4.53. The lowest BCUT2D eigenvalue weighted by atomic mass is 9.77. The quantitative estimate of drug-likeness (QED) is 0.683. The molecule has 1 heterocycles. The Morgan fingerprint density at radius 1 is 1.33 bits per heavy atom. The number of nitrogens with zero attached hydrogens (tertiary/aromatic N) is 1. The number of benzene rings is 1. The van der Waals surface area contributed by atoms with Crippen molar-refractivity contribution in [2.45, 2.75) is 45.6 Å². The summed E-state index contributed by atoms with van der Waals surface area (Å²) in [5.74, 6) is 0.798. The van der Waals surface area contributed by atoms with Crippen LogP contribution in [0, 0.1) is 22.4 Å². The van der Waals surface area contributed by atoms with Crippen LogP contribution in [0.3, 0.4) is 0 Å². The lowest BCUT2D eigenvalue weighted by molar-refractivity contribution is 0.186. The van der Waals surface area contributed by atoms with Gasteiger partial charge in [-0.1, -0.05) is 38.3 Å². The Hall–Kier alpha value is -0.870. The molecule has 0 spiro atoms. The Morgan fingerprint density at radius 3 is 2.76 bits per heavy atom. The van der Waals surface area contributed by atoms with Gasteiger partial charge in [0.1, 0.15) is 5.82 Å². The predicted molar refractivity (Wildman–Crippen MR) is 87.9 cm³/mol. The number of hydrogen-bond acceptors (Lipinski definition) is 1. The van der Waals surface area contributed by atoms with E-state index in [1.807, 2.05) is 0 Å². The SMILES string of the molecule is CC(C)C1CCCCC1n1c(=S)[nH]c2cc(Cl)c(F)cc21. The van der Waals surface area contributed by atoms with Crippen LogP contribution in [0.5, 0.6) is 0 Å². The van der Waals surface area contributed by atoms with Crippen molar-refractivity contribution < 1.29 is 4.39 Å². The van der Waals surface area contributed by atoms with Crippen molar-refractivity contribution in [3.8, 4) is 0 Å². The van der Waals surface area contributed by atoms with Gasteiger partial charge in [-0.05, 0) is 43.0 Å². The molecule has 1 aromatic heterocycles. The Bertz CT molecular complexity index is 719. The third-order valence-electron chi connectivity index (χ3n) is 4.73. The van der Waals surface area contributed by atoms with Crippen LogP contribution >= 0.6 is 23.8 Å². The van der Waals surface area contributed by atoms with Crippen molar-refractivity contribution in [3.05, 3.63) is 27.7 Å². The van der Waals surface area contributed by atoms with Gasteiger partial charge in [0.25, 0.3) is 0 Å². The third kappa shape index (κ3) is 2.64. The largest absolute Gasteiger partial charge is 0.331 e. The maximum absolute atomic E-state index is 13.9. The highest BCUT2D eigenvalue weighted by Gasteiger charge is 2.30. The lowest BCUT2D eigenvalue weighted by Crippen LogP contribution is -2.27. The van der Waals surface area contributed by atoms with Crippen LogP contribution in [-0.4, -0.2) is 9.55 Å². The molecule has 1 aliphatic carbocycles. The van der Waals surface area contributed by atoms with Gasteiger partial charge >= 0.3 is 0 Å². The van der Waals surface area contributed by atoms with Crippen molar-refractivity contribution >= 4 is 34.9 Å². The Kier molecular flexibility index (Phi) is 4.10. The van der Waals surface area contributed by atoms with Crippen LogP contribution < -0.4 is 0 Å². The minimum absolute atomic E-state index is 0.134.